The largest absolute Gasteiger partial charge is 0.495 e. The van der Waals surface area contributed by atoms with Crippen molar-refractivity contribution in [1.29, 1.82) is 0 Å². The molecule has 5 aliphatic carbocycles. The number of methoxy groups -OCH3 is 1. The van der Waals surface area contributed by atoms with E-state index in [4.69, 9.17) is 4.74 Å². The Morgan fingerprint density at radius 1 is 1.06 bits per heavy atom. The molecule has 176 valence electrons. The summed E-state index contributed by atoms with van der Waals surface area (Å²) in [6, 6.07) is 4.76. The van der Waals surface area contributed by atoms with E-state index in [1.165, 1.54) is 51.7 Å². The first-order valence-corrected chi connectivity index (χ1v) is 13.8. The zero-order valence-corrected chi connectivity index (χ0v) is 20.0. The molecule has 5 fully saturated rings. The minimum absolute atomic E-state index is 0.0432. The predicted molar refractivity (Wildman–Crippen MR) is 123 cm³/mol. The fourth-order valence-electron chi connectivity index (χ4n) is 7.50. The molecule has 4 bridgehead atoms. The van der Waals surface area contributed by atoms with Gasteiger partial charge in [0, 0.05) is 17.6 Å². The Balaban J connectivity index is 1.34. The van der Waals surface area contributed by atoms with E-state index in [0.29, 0.717) is 5.56 Å². The normalized spacial score (nSPS) is 32.8. The summed E-state index contributed by atoms with van der Waals surface area (Å²) in [6.45, 7) is 2.15. The smallest absolute Gasteiger partial charge is 0.251 e. The van der Waals surface area contributed by atoms with Crippen LogP contribution in [0.3, 0.4) is 0 Å². The molecule has 6 rings (SSSR count). The Kier molecular flexibility index (Phi) is 5.77. The number of hydrogen-bond donors (Lipinski definition) is 2. The Hall–Kier alpha value is -1.60. The van der Waals surface area contributed by atoms with Crippen LogP contribution in [-0.2, 0) is 10.0 Å². The van der Waals surface area contributed by atoms with Crippen LogP contribution in [-0.4, -0.2) is 33.5 Å². The molecule has 0 saturated heterocycles. The number of carbonyl (C=O) groups excluding carboxylic acids is 1. The fourth-order valence-corrected chi connectivity index (χ4v) is 9.00. The summed E-state index contributed by atoms with van der Waals surface area (Å²) in [6.07, 6.45) is 11.5. The summed E-state index contributed by atoms with van der Waals surface area (Å²) in [5, 5.41) is 3.25. The van der Waals surface area contributed by atoms with Crippen LogP contribution < -0.4 is 14.8 Å². The number of hydrogen-bond acceptors (Lipinski definition) is 4. The summed E-state index contributed by atoms with van der Waals surface area (Å²) < 4.78 is 34.3. The molecule has 1 atom stereocenters. The number of rotatable bonds is 7. The van der Waals surface area contributed by atoms with E-state index < -0.39 is 10.0 Å². The van der Waals surface area contributed by atoms with Gasteiger partial charge in [-0.2, -0.15) is 0 Å². The van der Waals surface area contributed by atoms with Crippen LogP contribution in [0.4, 0.5) is 0 Å². The topological polar surface area (TPSA) is 84.5 Å². The predicted octanol–water partition coefficient (Wildman–Crippen LogP) is 4.25. The first kappa shape index (κ1) is 22.2. The van der Waals surface area contributed by atoms with Gasteiger partial charge in [0.15, 0.2) is 0 Å². The molecule has 1 unspecified atom stereocenters. The molecule has 7 heteroatoms. The van der Waals surface area contributed by atoms with Crippen molar-refractivity contribution in [1.82, 2.24) is 10.0 Å². The second kappa shape index (κ2) is 8.32. The maximum absolute atomic E-state index is 13.2. The number of ether oxygens (including phenoxy) is 1. The highest BCUT2D eigenvalue weighted by atomic mass is 32.2. The summed E-state index contributed by atoms with van der Waals surface area (Å²) in [7, 11) is -2.31. The van der Waals surface area contributed by atoms with Crippen molar-refractivity contribution in [2.45, 2.75) is 88.1 Å². The lowest BCUT2D eigenvalue weighted by molar-refractivity contribution is -0.0688. The van der Waals surface area contributed by atoms with Crippen molar-refractivity contribution >= 4 is 15.9 Å². The summed E-state index contributed by atoms with van der Waals surface area (Å²) in [5.41, 5.74) is 0.574. The SMILES string of the molecule is COc1ccc(C(=O)NC(C)C23CC4CC(CC(C4)C2)C3)cc1S(=O)(=O)NC1CCCC1. The first-order chi connectivity index (χ1) is 15.3. The molecule has 0 radical (unpaired) electrons. The van der Waals surface area contributed by atoms with Crippen molar-refractivity contribution in [3.05, 3.63) is 23.8 Å². The number of amides is 1. The standard InChI is InChI=1S/C25H36N2O4S/c1-16(25-13-17-9-18(14-25)11-19(10-17)15-25)26-24(28)20-7-8-22(31-2)23(12-20)32(29,30)27-21-5-3-4-6-21/h7-8,12,16-19,21,27H,3-6,9-11,13-15H2,1-2H3,(H,26,28). The summed E-state index contributed by atoms with van der Waals surface area (Å²) in [5.74, 6) is 2.52. The Morgan fingerprint density at radius 2 is 1.66 bits per heavy atom. The van der Waals surface area contributed by atoms with Gasteiger partial charge < -0.3 is 10.1 Å². The van der Waals surface area contributed by atoms with E-state index >= 15 is 0 Å². The van der Waals surface area contributed by atoms with Crippen molar-refractivity contribution in [3.63, 3.8) is 0 Å². The fraction of sp³-hybridized carbons (Fsp3) is 0.720. The molecule has 5 aliphatic rings. The number of sulfonamides is 1. The second-order valence-electron chi connectivity index (χ2n) is 10.9. The van der Waals surface area contributed by atoms with Crippen LogP contribution in [0, 0.1) is 23.2 Å². The van der Waals surface area contributed by atoms with E-state index in [0.717, 1.165) is 43.4 Å². The third kappa shape index (κ3) is 4.07. The van der Waals surface area contributed by atoms with Crippen molar-refractivity contribution in [3.8, 4) is 5.75 Å². The van der Waals surface area contributed by atoms with Crippen molar-refractivity contribution < 1.29 is 17.9 Å². The lowest BCUT2D eigenvalue weighted by atomic mass is 9.48. The van der Waals surface area contributed by atoms with E-state index in [-0.39, 0.29) is 34.1 Å². The number of carbonyl (C=O) groups is 1. The molecule has 0 aromatic heterocycles. The van der Waals surface area contributed by atoms with Gasteiger partial charge in [0.2, 0.25) is 10.0 Å². The Bertz CT molecular complexity index is 948. The average Bonchev–Trinajstić information content (AvgIpc) is 3.24. The maximum Gasteiger partial charge on any atom is 0.251 e. The van der Waals surface area contributed by atoms with Crippen LogP contribution in [0.1, 0.15) is 81.5 Å². The number of benzene rings is 1. The molecule has 6 nitrogen and oxygen atoms in total. The van der Waals surface area contributed by atoms with Crippen LogP contribution in [0.25, 0.3) is 0 Å². The van der Waals surface area contributed by atoms with Gasteiger partial charge in [-0.25, -0.2) is 13.1 Å². The average molecular weight is 461 g/mol. The van der Waals surface area contributed by atoms with Gasteiger partial charge in [0.25, 0.3) is 5.91 Å². The lowest BCUT2D eigenvalue weighted by Crippen LogP contribution is -2.55. The molecule has 0 aliphatic heterocycles. The second-order valence-corrected chi connectivity index (χ2v) is 12.6. The van der Waals surface area contributed by atoms with E-state index in [9.17, 15) is 13.2 Å². The molecule has 32 heavy (non-hydrogen) atoms. The zero-order chi connectivity index (χ0) is 22.5. The highest BCUT2D eigenvalue weighted by molar-refractivity contribution is 7.89. The van der Waals surface area contributed by atoms with E-state index in [2.05, 4.69) is 17.0 Å². The molecule has 1 amide bonds. The van der Waals surface area contributed by atoms with E-state index in [1.54, 1.807) is 12.1 Å². The van der Waals surface area contributed by atoms with Gasteiger partial charge >= 0.3 is 0 Å². The van der Waals surface area contributed by atoms with Crippen LogP contribution in [0.15, 0.2) is 23.1 Å². The van der Waals surface area contributed by atoms with Crippen LogP contribution >= 0.6 is 0 Å². The van der Waals surface area contributed by atoms with Gasteiger partial charge in [-0.1, -0.05) is 12.8 Å². The van der Waals surface area contributed by atoms with Gasteiger partial charge in [-0.15, -0.1) is 0 Å². The summed E-state index contributed by atoms with van der Waals surface area (Å²) in [4.78, 5) is 13.2. The molecule has 1 aromatic rings. The van der Waals surface area contributed by atoms with Crippen molar-refractivity contribution in [2.24, 2.45) is 23.2 Å². The minimum Gasteiger partial charge on any atom is -0.495 e. The monoisotopic (exact) mass is 460 g/mol. The van der Waals surface area contributed by atoms with Gasteiger partial charge in [-0.05, 0) is 99.7 Å². The quantitative estimate of drug-likeness (QED) is 0.637. The van der Waals surface area contributed by atoms with Crippen molar-refractivity contribution in [2.75, 3.05) is 7.11 Å². The van der Waals surface area contributed by atoms with Crippen LogP contribution in [0.5, 0.6) is 5.75 Å². The third-order valence-corrected chi connectivity index (χ3v) is 10.3. The minimum atomic E-state index is -3.76. The molecule has 1 aromatic carbocycles. The Morgan fingerprint density at radius 3 is 2.22 bits per heavy atom. The van der Waals surface area contributed by atoms with Gasteiger partial charge in [0.05, 0.1) is 7.11 Å². The highest BCUT2D eigenvalue weighted by Gasteiger charge is 2.53. The van der Waals surface area contributed by atoms with Gasteiger partial charge in [0.1, 0.15) is 10.6 Å². The molecule has 0 spiro atoms. The molecule has 0 heterocycles. The maximum atomic E-state index is 13.2. The first-order valence-electron chi connectivity index (χ1n) is 12.3. The van der Waals surface area contributed by atoms with E-state index in [1.807, 2.05) is 0 Å². The molecule has 5 saturated carbocycles. The molecule has 2 N–H and O–H groups in total. The Labute approximate surface area is 191 Å². The zero-order valence-electron chi connectivity index (χ0n) is 19.2. The lowest BCUT2D eigenvalue weighted by Gasteiger charge is -2.59. The van der Waals surface area contributed by atoms with Gasteiger partial charge in [-0.3, -0.25) is 4.79 Å². The number of nitrogens with one attached hydrogen (secondary N) is 2. The highest BCUT2D eigenvalue weighted by Crippen LogP contribution is 2.61. The molecular weight excluding hydrogens is 424 g/mol. The summed E-state index contributed by atoms with van der Waals surface area (Å²) >= 11 is 0. The third-order valence-electron chi connectivity index (χ3n) is 8.74. The molecular formula is C25H36N2O4S. The van der Waals surface area contributed by atoms with Crippen LogP contribution in [0.2, 0.25) is 0 Å².